The Morgan fingerprint density at radius 2 is 1.95 bits per heavy atom. The van der Waals surface area contributed by atoms with Crippen LogP contribution in [0.1, 0.15) is 44.1 Å². The molecule has 0 saturated heterocycles. The Balaban J connectivity index is 2.75. The van der Waals surface area contributed by atoms with Crippen LogP contribution in [0.25, 0.3) is 0 Å². The monoisotopic (exact) mass is 301 g/mol. The van der Waals surface area contributed by atoms with E-state index in [4.69, 9.17) is 0 Å². The van der Waals surface area contributed by atoms with Gasteiger partial charge in [-0.1, -0.05) is 6.92 Å². The molecule has 0 aromatic carbocycles. The van der Waals surface area contributed by atoms with Crippen molar-refractivity contribution in [3.8, 4) is 0 Å². The lowest BCUT2D eigenvalue weighted by molar-refractivity contribution is 0.568. The fraction of sp³-hybridized carbons (Fsp3) is 0.786. The van der Waals surface area contributed by atoms with E-state index in [0.29, 0.717) is 6.54 Å². The van der Waals surface area contributed by atoms with Crippen molar-refractivity contribution in [2.24, 2.45) is 0 Å². The van der Waals surface area contributed by atoms with Crippen molar-refractivity contribution in [1.82, 2.24) is 15.1 Å². The Labute approximate surface area is 122 Å². The molecule has 0 unspecified atom stereocenters. The van der Waals surface area contributed by atoms with Gasteiger partial charge in [0.05, 0.1) is 23.2 Å². The first-order chi connectivity index (χ1) is 9.29. The van der Waals surface area contributed by atoms with Crippen molar-refractivity contribution in [3.63, 3.8) is 0 Å². The molecular weight excluding hydrogens is 274 g/mol. The summed E-state index contributed by atoms with van der Waals surface area (Å²) in [4.78, 5) is 0. The van der Waals surface area contributed by atoms with Crippen LogP contribution in [0, 0.1) is 13.8 Å². The van der Waals surface area contributed by atoms with Gasteiger partial charge in [0.1, 0.15) is 0 Å². The SMILES string of the molecule is CCCNCc1c(C)nn(CCS(=O)(=O)C(C)C)c1C. The average molecular weight is 301 g/mol. The lowest BCUT2D eigenvalue weighted by Crippen LogP contribution is -2.22. The molecule has 116 valence electrons. The highest BCUT2D eigenvalue weighted by Gasteiger charge is 2.18. The molecule has 0 aliphatic rings. The maximum Gasteiger partial charge on any atom is 0.154 e. The van der Waals surface area contributed by atoms with Crippen LogP contribution in [0.5, 0.6) is 0 Å². The van der Waals surface area contributed by atoms with Gasteiger partial charge in [-0.05, 0) is 40.7 Å². The van der Waals surface area contributed by atoms with Crippen LogP contribution in [-0.4, -0.2) is 35.7 Å². The summed E-state index contributed by atoms with van der Waals surface area (Å²) in [5.41, 5.74) is 3.22. The maximum atomic E-state index is 11.9. The lowest BCUT2D eigenvalue weighted by Gasteiger charge is -2.09. The van der Waals surface area contributed by atoms with Crippen LogP contribution in [0.4, 0.5) is 0 Å². The third kappa shape index (κ3) is 4.31. The molecule has 0 aliphatic heterocycles. The van der Waals surface area contributed by atoms with E-state index in [1.807, 2.05) is 18.5 Å². The molecular formula is C14H27N3O2S. The van der Waals surface area contributed by atoms with E-state index in [2.05, 4.69) is 17.3 Å². The summed E-state index contributed by atoms with van der Waals surface area (Å²) in [6, 6.07) is 0. The zero-order valence-corrected chi connectivity index (χ0v) is 14.0. The molecule has 0 bridgehead atoms. The number of nitrogens with zero attached hydrogens (tertiary/aromatic N) is 2. The quantitative estimate of drug-likeness (QED) is 0.744. The summed E-state index contributed by atoms with van der Waals surface area (Å²) < 4.78 is 25.5. The Hall–Kier alpha value is -0.880. The fourth-order valence-electron chi connectivity index (χ4n) is 2.05. The van der Waals surface area contributed by atoms with Gasteiger partial charge in [-0.3, -0.25) is 4.68 Å². The van der Waals surface area contributed by atoms with Crippen molar-refractivity contribution < 1.29 is 8.42 Å². The third-order valence-electron chi connectivity index (χ3n) is 3.57. The maximum absolute atomic E-state index is 11.9. The highest BCUT2D eigenvalue weighted by Crippen LogP contribution is 2.13. The number of aromatic nitrogens is 2. The fourth-order valence-corrected chi connectivity index (χ4v) is 2.95. The Bertz CT molecular complexity index is 533. The molecule has 1 rings (SSSR count). The molecule has 1 heterocycles. The number of sulfone groups is 1. The van der Waals surface area contributed by atoms with E-state index in [1.54, 1.807) is 13.8 Å². The van der Waals surface area contributed by atoms with E-state index in [1.165, 1.54) is 5.56 Å². The first-order valence-corrected chi connectivity index (χ1v) is 8.96. The van der Waals surface area contributed by atoms with E-state index in [0.717, 1.165) is 30.9 Å². The second-order valence-corrected chi connectivity index (χ2v) is 8.14. The minimum Gasteiger partial charge on any atom is -0.313 e. The molecule has 0 aliphatic carbocycles. The first kappa shape index (κ1) is 17.2. The van der Waals surface area contributed by atoms with Crippen LogP contribution in [0.3, 0.4) is 0 Å². The normalized spacial score (nSPS) is 12.3. The zero-order valence-electron chi connectivity index (χ0n) is 13.2. The number of rotatable bonds is 8. The van der Waals surface area contributed by atoms with Gasteiger partial charge in [-0.25, -0.2) is 8.42 Å². The molecule has 0 spiro atoms. The van der Waals surface area contributed by atoms with Crippen molar-refractivity contribution in [2.45, 2.75) is 59.4 Å². The minimum absolute atomic E-state index is 0.147. The van der Waals surface area contributed by atoms with Gasteiger partial charge in [0, 0.05) is 17.8 Å². The Kier molecular flexibility index (Phi) is 6.20. The van der Waals surface area contributed by atoms with Gasteiger partial charge < -0.3 is 5.32 Å². The van der Waals surface area contributed by atoms with Crippen LogP contribution in [0.15, 0.2) is 0 Å². The molecule has 0 radical (unpaired) electrons. The Morgan fingerprint density at radius 1 is 1.30 bits per heavy atom. The predicted molar refractivity (Wildman–Crippen MR) is 82.6 cm³/mol. The van der Waals surface area contributed by atoms with Crippen molar-refractivity contribution >= 4 is 9.84 Å². The second kappa shape index (κ2) is 7.22. The van der Waals surface area contributed by atoms with E-state index >= 15 is 0 Å². The van der Waals surface area contributed by atoms with Crippen LogP contribution in [0.2, 0.25) is 0 Å². The van der Waals surface area contributed by atoms with Gasteiger partial charge in [-0.2, -0.15) is 5.10 Å². The number of hydrogen-bond acceptors (Lipinski definition) is 4. The molecule has 0 fully saturated rings. The van der Waals surface area contributed by atoms with Crippen LogP contribution in [-0.2, 0) is 22.9 Å². The van der Waals surface area contributed by atoms with Gasteiger partial charge in [0.25, 0.3) is 0 Å². The molecule has 0 amide bonds. The van der Waals surface area contributed by atoms with Crippen LogP contribution < -0.4 is 5.32 Å². The average Bonchev–Trinajstić information content (AvgIpc) is 2.64. The minimum atomic E-state index is -3.01. The largest absolute Gasteiger partial charge is 0.313 e. The summed E-state index contributed by atoms with van der Waals surface area (Å²) in [7, 11) is -3.01. The van der Waals surface area contributed by atoms with Gasteiger partial charge in [-0.15, -0.1) is 0 Å². The van der Waals surface area contributed by atoms with E-state index < -0.39 is 9.84 Å². The summed E-state index contributed by atoms with van der Waals surface area (Å²) in [5, 5.41) is 7.50. The molecule has 1 aromatic rings. The predicted octanol–water partition coefficient (Wildman–Crippen LogP) is 1.82. The van der Waals surface area contributed by atoms with Gasteiger partial charge >= 0.3 is 0 Å². The van der Waals surface area contributed by atoms with E-state index in [9.17, 15) is 8.42 Å². The second-order valence-electron chi connectivity index (χ2n) is 5.47. The third-order valence-corrected chi connectivity index (χ3v) is 5.75. The van der Waals surface area contributed by atoms with Crippen molar-refractivity contribution in [3.05, 3.63) is 17.0 Å². The molecule has 0 atom stereocenters. The topological polar surface area (TPSA) is 64.0 Å². The lowest BCUT2D eigenvalue weighted by atomic mass is 10.2. The molecule has 6 heteroatoms. The smallest absolute Gasteiger partial charge is 0.154 e. The van der Waals surface area contributed by atoms with Gasteiger partial charge in [0.15, 0.2) is 9.84 Å². The number of aryl methyl sites for hydroxylation is 2. The molecule has 20 heavy (non-hydrogen) atoms. The highest BCUT2D eigenvalue weighted by molar-refractivity contribution is 7.91. The first-order valence-electron chi connectivity index (χ1n) is 7.24. The molecule has 1 aromatic heterocycles. The van der Waals surface area contributed by atoms with Crippen molar-refractivity contribution in [1.29, 1.82) is 0 Å². The molecule has 0 saturated carbocycles. The molecule has 5 nitrogen and oxygen atoms in total. The summed E-state index contributed by atoms with van der Waals surface area (Å²) in [6.45, 7) is 11.8. The standard InChI is InChI=1S/C14H27N3O2S/c1-6-7-15-10-14-12(4)16-17(13(14)5)8-9-20(18,19)11(2)3/h11,15H,6-10H2,1-5H3. The number of hydrogen-bond donors (Lipinski definition) is 1. The summed E-state index contributed by atoms with van der Waals surface area (Å²) >= 11 is 0. The van der Waals surface area contributed by atoms with Crippen molar-refractivity contribution in [2.75, 3.05) is 12.3 Å². The zero-order chi connectivity index (χ0) is 15.3. The summed E-state index contributed by atoms with van der Waals surface area (Å²) in [6.07, 6.45) is 1.10. The van der Waals surface area contributed by atoms with Crippen LogP contribution >= 0.6 is 0 Å². The summed E-state index contributed by atoms with van der Waals surface area (Å²) in [5.74, 6) is 0.147. The van der Waals surface area contributed by atoms with E-state index in [-0.39, 0.29) is 11.0 Å². The van der Waals surface area contributed by atoms with Gasteiger partial charge in [0.2, 0.25) is 0 Å². The number of nitrogens with one attached hydrogen (secondary N) is 1. The highest BCUT2D eigenvalue weighted by atomic mass is 32.2. The Morgan fingerprint density at radius 3 is 2.50 bits per heavy atom. The molecule has 1 N–H and O–H groups in total.